The molecule has 0 saturated carbocycles. The zero-order valence-electron chi connectivity index (χ0n) is 21.0. The predicted octanol–water partition coefficient (Wildman–Crippen LogP) is 5.10. The Bertz CT molecular complexity index is 1060. The Kier molecular flexibility index (Phi) is 9.91. The van der Waals surface area contributed by atoms with Crippen LogP contribution in [0.5, 0.6) is 5.75 Å². The third-order valence-corrected chi connectivity index (χ3v) is 6.09. The third kappa shape index (κ3) is 7.99. The van der Waals surface area contributed by atoms with Crippen molar-refractivity contribution in [2.75, 3.05) is 13.7 Å². The standard InChI is InChI=1S/C30H36N2O3/c1-4-5-19-31-30(34)28(20-24-9-7-6-8-10-24)32(22-26-13-11-23(2)12-14-26)29(33)21-25-15-17-27(35-3)18-16-25/h6-18,28H,4-5,19-22H2,1-3H3,(H,31,34)/t28-/m1/s1. The Morgan fingerprint density at radius 2 is 1.54 bits per heavy atom. The van der Waals surface area contributed by atoms with Gasteiger partial charge in [0.25, 0.3) is 0 Å². The van der Waals surface area contributed by atoms with E-state index >= 15 is 0 Å². The van der Waals surface area contributed by atoms with Gasteiger partial charge in [-0.2, -0.15) is 0 Å². The molecule has 3 rings (SSSR count). The summed E-state index contributed by atoms with van der Waals surface area (Å²) in [6.45, 7) is 5.10. The molecular weight excluding hydrogens is 436 g/mol. The molecule has 1 atom stereocenters. The van der Waals surface area contributed by atoms with E-state index in [0.29, 0.717) is 19.5 Å². The number of benzene rings is 3. The van der Waals surface area contributed by atoms with E-state index in [1.807, 2.05) is 85.8 Å². The molecule has 0 bridgehead atoms. The van der Waals surface area contributed by atoms with Crippen molar-refractivity contribution in [1.29, 1.82) is 0 Å². The molecule has 0 aliphatic heterocycles. The lowest BCUT2D eigenvalue weighted by molar-refractivity contribution is -0.140. The van der Waals surface area contributed by atoms with E-state index in [1.54, 1.807) is 12.0 Å². The largest absolute Gasteiger partial charge is 0.497 e. The molecule has 0 fully saturated rings. The summed E-state index contributed by atoms with van der Waals surface area (Å²) in [5.41, 5.74) is 4.06. The summed E-state index contributed by atoms with van der Waals surface area (Å²) in [6.07, 6.45) is 2.57. The van der Waals surface area contributed by atoms with Crippen molar-refractivity contribution in [3.05, 3.63) is 101 Å². The number of ether oxygens (including phenoxy) is 1. The molecule has 0 aromatic heterocycles. The molecule has 3 aromatic rings. The average molecular weight is 473 g/mol. The lowest BCUT2D eigenvalue weighted by atomic mass is 10.0. The number of unbranched alkanes of at least 4 members (excludes halogenated alkanes) is 1. The molecule has 5 nitrogen and oxygen atoms in total. The lowest BCUT2D eigenvalue weighted by Gasteiger charge is -2.32. The topological polar surface area (TPSA) is 58.6 Å². The SMILES string of the molecule is CCCCNC(=O)[C@@H](Cc1ccccc1)N(Cc1ccc(C)cc1)C(=O)Cc1ccc(OC)cc1. The molecule has 1 N–H and O–H groups in total. The number of carbonyl (C=O) groups is 2. The Hall–Kier alpha value is -3.60. The van der Waals surface area contributed by atoms with Gasteiger partial charge in [0.2, 0.25) is 11.8 Å². The van der Waals surface area contributed by atoms with Crippen molar-refractivity contribution < 1.29 is 14.3 Å². The van der Waals surface area contributed by atoms with Crippen LogP contribution in [0.1, 0.15) is 42.0 Å². The fourth-order valence-corrected chi connectivity index (χ4v) is 3.97. The van der Waals surface area contributed by atoms with E-state index < -0.39 is 6.04 Å². The molecule has 0 aliphatic carbocycles. The van der Waals surface area contributed by atoms with Crippen LogP contribution < -0.4 is 10.1 Å². The smallest absolute Gasteiger partial charge is 0.243 e. The number of aryl methyl sites for hydroxylation is 1. The van der Waals surface area contributed by atoms with Crippen molar-refractivity contribution in [3.8, 4) is 5.75 Å². The quantitative estimate of drug-likeness (QED) is 0.373. The van der Waals surface area contributed by atoms with Gasteiger partial charge in [-0.25, -0.2) is 0 Å². The molecule has 0 radical (unpaired) electrons. The first-order chi connectivity index (χ1) is 17.0. The number of hydrogen-bond acceptors (Lipinski definition) is 3. The molecule has 0 heterocycles. The van der Waals surface area contributed by atoms with Gasteiger partial charge in [-0.05, 0) is 42.2 Å². The van der Waals surface area contributed by atoms with Crippen LogP contribution in [0.3, 0.4) is 0 Å². The Labute approximate surface area is 209 Å². The van der Waals surface area contributed by atoms with Crippen molar-refractivity contribution in [1.82, 2.24) is 10.2 Å². The van der Waals surface area contributed by atoms with Crippen LogP contribution >= 0.6 is 0 Å². The Morgan fingerprint density at radius 3 is 2.17 bits per heavy atom. The molecule has 2 amide bonds. The van der Waals surface area contributed by atoms with Gasteiger partial charge in [0, 0.05) is 19.5 Å². The fraction of sp³-hybridized carbons (Fsp3) is 0.333. The zero-order valence-corrected chi connectivity index (χ0v) is 21.0. The summed E-state index contributed by atoms with van der Waals surface area (Å²) in [5, 5.41) is 3.06. The average Bonchev–Trinajstić information content (AvgIpc) is 2.88. The highest BCUT2D eigenvalue weighted by atomic mass is 16.5. The van der Waals surface area contributed by atoms with Crippen LogP contribution in [-0.4, -0.2) is 36.4 Å². The minimum atomic E-state index is -0.610. The van der Waals surface area contributed by atoms with Gasteiger partial charge in [-0.3, -0.25) is 9.59 Å². The van der Waals surface area contributed by atoms with Crippen LogP contribution in [0.4, 0.5) is 0 Å². The van der Waals surface area contributed by atoms with Crippen LogP contribution in [-0.2, 0) is 29.0 Å². The highest BCUT2D eigenvalue weighted by molar-refractivity contribution is 5.88. The van der Waals surface area contributed by atoms with Gasteiger partial charge < -0.3 is 15.0 Å². The van der Waals surface area contributed by atoms with E-state index in [-0.39, 0.29) is 18.2 Å². The van der Waals surface area contributed by atoms with Crippen LogP contribution in [0.15, 0.2) is 78.9 Å². The van der Waals surface area contributed by atoms with Crippen LogP contribution in [0.2, 0.25) is 0 Å². The second-order valence-corrected chi connectivity index (χ2v) is 8.88. The maximum atomic E-state index is 13.7. The molecule has 5 heteroatoms. The van der Waals surface area contributed by atoms with E-state index in [2.05, 4.69) is 12.2 Å². The van der Waals surface area contributed by atoms with Gasteiger partial charge in [0.15, 0.2) is 0 Å². The number of methoxy groups -OCH3 is 1. The number of amides is 2. The van der Waals surface area contributed by atoms with Crippen molar-refractivity contribution >= 4 is 11.8 Å². The summed E-state index contributed by atoms with van der Waals surface area (Å²) in [7, 11) is 1.62. The van der Waals surface area contributed by atoms with Gasteiger partial charge >= 0.3 is 0 Å². The molecule has 0 saturated heterocycles. The van der Waals surface area contributed by atoms with Gasteiger partial charge in [0.05, 0.1) is 13.5 Å². The molecule has 3 aromatic carbocycles. The lowest BCUT2D eigenvalue weighted by Crippen LogP contribution is -2.51. The van der Waals surface area contributed by atoms with Gasteiger partial charge in [-0.15, -0.1) is 0 Å². The second-order valence-electron chi connectivity index (χ2n) is 8.88. The summed E-state index contributed by atoms with van der Waals surface area (Å²) in [5.74, 6) is 0.551. The first kappa shape index (κ1) is 26.0. The fourth-order valence-electron chi connectivity index (χ4n) is 3.97. The minimum absolute atomic E-state index is 0.0812. The number of nitrogens with zero attached hydrogens (tertiary/aromatic N) is 1. The molecular formula is C30H36N2O3. The van der Waals surface area contributed by atoms with E-state index in [0.717, 1.165) is 40.8 Å². The summed E-state index contributed by atoms with van der Waals surface area (Å²) < 4.78 is 5.24. The Morgan fingerprint density at radius 1 is 0.886 bits per heavy atom. The zero-order chi connectivity index (χ0) is 25.0. The molecule has 35 heavy (non-hydrogen) atoms. The third-order valence-electron chi connectivity index (χ3n) is 6.09. The minimum Gasteiger partial charge on any atom is -0.497 e. The van der Waals surface area contributed by atoms with E-state index in [1.165, 1.54) is 0 Å². The summed E-state index contributed by atoms with van der Waals surface area (Å²) >= 11 is 0. The first-order valence-electron chi connectivity index (χ1n) is 12.3. The number of rotatable bonds is 12. The first-order valence-corrected chi connectivity index (χ1v) is 12.3. The monoisotopic (exact) mass is 472 g/mol. The van der Waals surface area contributed by atoms with Crippen molar-refractivity contribution in [3.63, 3.8) is 0 Å². The van der Waals surface area contributed by atoms with Crippen molar-refractivity contribution in [2.24, 2.45) is 0 Å². The van der Waals surface area contributed by atoms with Crippen LogP contribution in [0, 0.1) is 6.92 Å². The van der Waals surface area contributed by atoms with Gasteiger partial charge in [0.1, 0.15) is 11.8 Å². The highest BCUT2D eigenvalue weighted by Gasteiger charge is 2.30. The number of nitrogens with one attached hydrogen (secondary N) is 1. The number of carbonyl (C=O) groups excluding carboxylic acids is 2. The maximum absolute atomic E-state index is 13.7. The normalized spacial score (nSPS) is 11.5. The van der Waals surface area contributed by atoms with Gasteiger partial charge in [-0.1, -0.05) is 85.6 Å². The number of hydrogen-bond donors (Lipinski definition) is 1. The van der Waals surface area contributed by atoms with E-state index in [4.69, 9.17) is 4.74 Å². The van der Waals surface area contributed by atoms with Crippen molar-refractivity contribution in [2.45, 2.75) is 52.1 Å². The summed E-state index contributed by atoms with van der Waals surface area (Å²) in [6, 6.07) is 24.9. The molecule has 0 aliphatic rings. The highest BCUT2D eigenvalue weighted by Crippen LogP contribution is 2.18. The molecule has 184 valence electrons. The predicted molar refractivity (Wildman–Crippen MR) is 140 cm³/mol. The van der Waals surface area contributed by atoms with E-state index in [9.17, 15) is 9.59 Å². The molecule has 0 unspecified atom stereocenters. The Balaban J connectivity index is 1.91. The van der Waals surface area contributed by atoms with Crippen LogP contribution in [0.25, 0.3) is 0 Å². The summed E-state index contributed by atoms with van der Waals surface area (Å²) in [4.78, 5) is 28.9. The molecule has 0 spiro atoms. The second kappa shape index (κ2) is 13.3. The maximum Gasteiger partial charge on any atom is 0.243 e.